The van der Waals surface area contributed by atoms with Gasteiger partial charge in [-0.05, 0) is 88.8 Å². The summed E-state index contributed by atoms with van der Waals surface area (Å²) in [5.74, 6) is 0. The number of nitrogens with zero attached hydrogens (tertiary/aromatic N) is 3. The van der Waals surface area contributed by atoms with E-state index in [9.17, 15) is 0 Å². The Bertz CT molecular complexity index is 2870. The highest BCUT2D eigenvalue weighted by molar-refractivity contribution is 6.92. The van der Waals surface area contributed by atoms with Crippen LogP contribution in [0.3, 0.4) is 0 Å². The average Bonchev–Trinajstić information content (AvgIpc) is 3.72. The number of anilines is 2. The lowest BCUT2D eigenvalue weighted by Crippen LogP contribution is -2.59. The molecule has 2 aromatic heterocycles. The van der Waals surface area contributed by atoms with Crippen LogP contribution in [-0.2, 0) is 0 Å². The van der Waals surface area contributed by atoms with Gasteiger partial charge in [0.15, 0.2) is 0 Å². The molecule has 0 spiro atoms. The quantitative estimate of drug-likeness (QED) is 0.168. The number of benzene rings is 8. The van der Waals surface area contributed by atoms with E-state index in [1.807, 2.05) is 0 Å². The van der Waals surface area contributed by atoms with Crippen LogP contribution in [0.5, 0.6) is 0 Å². The number of para-hydroxylation sites is 5. The summed E-state index contributed by atoms with van der Waals surface area (Å²) in [5.41, 5.74) is 17.5. The molecule has 10 aromatic rings. The first-order valence-corrected chi connectivity index (χ1v) is 18.1. The number of hydrogen-bond donors (Lipinski definition) is 0. The average molecular weight is 660 g/mol. The molecule has 240 valence electrons. The Balaban J connectivity index is 1.26. The summed E-state index contributed by atoms with van der Waals surface area (Å²) in [7, 11) is 0. The molecular weight excluding hydrogens is 629 g/mol. The molecule has 0 aliphatic carbocycles. The van der Waals surface area contributed by atoms with Gasteiger partial charge >= 0.3 is 6.85 Å². The minimum absolute atomic E-state index is 0.00719. The zero-order valence-electron chi connectivity index (χ0n) is 28.2. The van der Waals surface area contributed by atoms with Crippen LogP contribution >= 0.6 is 0 Å². The van der Waals surface area contributed by atoms with Crippen molar-refractivity contribution in [3.8, 4) is 33.6 Å². The van der Waals surface area contributed by atoms with Crippen LogP contribution in [0.15, 0.2) is 182 Å². The molecule has 8 aromatic carbocycles. The maximum absolute atomic E-state index is 2.63. The number of rotatable bonds is 2. The van der Waals surface area contributed by atoms with Crippen LogP contribution in [0.2, 0.25) is 0 Å². The van der Waals surface area contributed by atoms with Gasteiger partial charge in [0.25, 0.3) is 0 Å². The third-order valence-electron chi connectivity index (χ3n) is 11.5. The normalized spacial score (nSPS) is 12.9. The van der Waals surface area contributed by atoms with Gasteiger partial charge < -0.3 is 13.9 Å². The second-order valence-electron chi connectivity index (χ2n) is 14.1. The number of hydrogen-bond acceptors (Lipinski definition) is 1. The molecule has 0 saturated carbocycles. The van der Waals surface area contributed by atoms with Gasteiger partial charge in [0, 0.05) is 55.4 Å². The highest BCUT2D eigenvalue weighted by Crippen LogP contribution is 2.49. The van der Waals surface area contributed by atoms with Crippen molar-refractivity contribution >= 4 is 72.8 Å². The number of aromatic nitrogens is 2. The van der Waals surface area contributed by atoms with Crippen molar-refractivity contribution in [2.75, 3.05) is 4.81 Å². The molecule has 4 heterocycles. The fourth-order valence-corrected chi connectivity index (χ4v) is 9.37. The molecule has 0 bridgehead atoms. The predicted molar refractivity (Wildman–Crippen MR) is 220 cm³/mol. The fourth-order valence-electron chi connectivity index (χ4n) is 9.37. The van der Waals surface area contributed by atoms with Gasteiger partial charge in [0.2, 0.25) is 0 Å². The Morgan fingerprint density at radius 3 is 1.50 bits per heavy atom. The minimum Gasteiger partial charge on any atom is -0.376 e. The Morgan fingerprint density at radius 1 is 0.308 bits per heavy atom. The van der Waals surface area contributed by atoms with Gasteiger partial charge in [0.1, 0.15) is 0 Å². The summed E-state index contributed by atoms with van der Waals surface area (Å²) in [6.07, 6.45) is 0. The van der Waals surface area contributed by atoms with Crippen molar-refractivity contribution in [1.82, 2.24) is 9.13 Å². The zero-order chi connectivity index (χ0) is 33.9. The van der Waals surface area contributed by atoms with Crippen LogP contribution in [0.4, 0.5) is 11.4 Å². The predicted octanol–water partition coefficient (Wildman–Crippen LogP) is 10.8. The lowest BCUT2D eigenvalue weighted by Gasteiger charge is -2.43. The van der Waals surface area contributed by atoms with Gasteiger partial charge in [-0.15, -0.1) is 0 Å². The van der Waals surface area contributed by atoms with E-state index in [0.29, 0.717) is 0 Å². The van der Waals surface area contributed by atoms with E-state index < -0.39 is 0 Å². The van der Waals surface area contributed by atoms with Crippen molar-refractivity contribution < 1.29 is 0 Å². The van der Waals surface area contributed by atoms with Crippen molar-refractivity contribution in [2.24, 2.45) is 0 Å². The minimum atomic E-state index is -0.00719. The van der Waals surface area contributed by atoms with E-state index in [0.717, 1.165) is 0 Å². The summed E-state index contributed by atoms with van der Waals surface area (Å²) in [4.78, 5) is 2.63. The van der Waals surface area contributed by atoms with E-state index in [1.54, 1.807) is 0 Å². The van der Waals surface area contributed by atoms with E-state index in [4.69, 9.17) is 0 Å². The van der Waals surface area contributed by atoms with Crippen molar-refractivity contribution in [1.29, 1.82) is 0 Å². The molecule has 0 fully saturated rings. The van der Waals surface area contributed by atoms with Gasteiger partial charge in [-0.2, -0.15) is 0 Å². The first-order chi connectivity index (χ1) is 25.8. The molecule has 0 atom stereocenters. The van der Waals surface area contributed by atoms with E-state index in [2.05, 4.69) is 196 Å². The Kier molecular flexibility index (Phi) is 5.58. The summed E-state index contributed by atoms with van der Waals surface area (Å²) in [6.45, 7) is -0.00719. The van der Waals surface area contributed by atoms with E-state index in [-0.39, 0.29) is 6.85 Å². The molecule has 2 aliphatic heterocycles. The topological polar surface area (TPSA) is 13.1 Å². The maximum atomic E-state index is 2.63. The summed E-state index contributed by atoms with van der Waals surface area (Å²) < 4.78 is 4.89. The molecule has 12 rings (SSSR count). The Labute approximate surface area is 301 Å². The first kappa shape index (κ1) is 28.0. The summed E-state index contributed by atoms with van der Waals surface area (Å²) in [5, 5.41) is 5.07. The fraction of sp³-hybridized carbons (Fsp3) is 0. The highest BCUT2D eigenvalue weighted by atomic mass is 15.1. The van der Waals surface area contributed by atoms with Crippen LogP contribution in [0, 0.1) is 0 Å². The van der Waals surface area contributed by atoms with Gasteiger partial charge in [-0.3, -0.25) is 0 Å². The molecule has 0 unspecified atom stereocenters. The first-order valence-electron chi connectivity index (χ1n) is 18.1. The molecule has 3 nitrogen and oxygen atoms in total. The molecular formula is C48H30BN3. The molecule has 0 amide bonds. The Morgan fingerprint density at radius 2 is 0.827 bits per heavy atom. The maximum Gasteiger partial charge on any atom is 0.329 e. The van der Waals surface area contributed by atoms with Crippen LogP contribution < -0.4 is 15.7 Å². The van der Waals surface area contributed by atoms with E-state index in [1.165, 1.54) is 99.5 Å². The molecule has 2 aliphatic rings. The van der Waals surface area contributed by atoms with Crippen LogP contribution in [0.25, 0.3) is 77.2 Å². The van der Waals surface area contributed by atoms with E-state index >= 15 is 0 Å². The molecule has 0 radical (unpaired) electrons. The standard InChI is InChI=1S/C48H30BN3/c1-3-15-31(16-4-1)50-43-24-12-8-21-35(43)38-27-37-40-28-39-36-22-9-13-25-44(36)51(32-17-5-2-6-18-32)47(39)30-48(40)52-45-26-14-10-20-34(45)33-19-7-11-23-41(33)49(52)42(37)29-46(38)50/h1-30H. The largest absolute Gasteiger partial charge is 0.376 e. The monoisotopic (exact) mass is 659 g/mol. The van der Waals surface area contributed by atoms with Gasteiger partial charge in [0.05, 0.1) is 22.1 Å². The SMILES string of the molecule is c1ccc(-n2c3ccccc3c3cc4c(cc32)B2c3ccccc3-c3ccccc3N2c2cc3c(cc2-4)c2ccccc2n3-c2ccccc2)cc1. The van der Waals surface area contributed by atoms with Crippen molar-refractivity contribution in [2.45, 2.75) is 0 Å². The van der Waals surface area contributed by atoms with Crippen LogP contribution in [-0.4, -0.2) is 16.0 Å². The second kappa shape index (κ2) is 10.4. The molecule has 0 saturated heterocycles. The molecule has 52 heavy (non-hydrogen) atoms. The smallest absolute Gasteiger partial charge is 0.329 e. The lowest BCUT2D eigenvalue weighted by molar-refractivity contribution is 1.18. The van der Waals surface area contributed by atoms with Crippen LogP contribution in [0.1, 0.15) is 0 Å². The van der Waals surface area contributed by atoms with Crippen molar-refractivity contribution in [3.63, 3.8) is 0 Å². The third kappa shape index (κ3) is 3.65. The zero-order valence-corrected chi connectivity index (χ0v) is 28.2. The highest BCUT2D eigenvalue weighted by Gasteiger charge is 2.43. The molecule has 0 N–H and O–H groups in total. The van der Waals surface area contributed by atoms with Gasteiger partial charge in [-0.25, -0.2) is 0 Å². The third-order valence-corrected chi connectivity index (χ3v) is 11.5. The lowest BCUT2D eigenvalue weighted by atomic mass is 9.43. The summed E-state index contributed by atoms with van der Waals surface area (Å²) in [6, 6.07) is 67.3. The van der Waals surface area contributed by atoms with Crippen molar-refractivity contribution in [3.05, 3.63) is 182 Å². The Hall–Kier alpha value is -6.78. The number of fused-ring (bicyclic) bond motifs is 17. The summed E-state index contributed by atoms with van der Waals surface area (Å²) >= 11 is 0. The second-order valence-corrected chi connectivity index (χ2v) is 14.1. The molecule has 4 heteroatoms. The van der Waals surface area contributed by atoms with Gasteiger partial charge in [-0.1, -0.05) is 115 Å².